The molecule has 1 heterocycles. The van der Waals surface area contributed by atoms with Gasteiger partial charge in [-0.2, -0.15) is 0 Å². The number of hydrogen-bond donors (Lipinski definition) is 1. The zero-order valence-electron chi connectivity index (χ0n) is 16.1. The molecule has 2 aromatic rings. The van der Waals surface area contributed by atoms with Crippen molar-refractivity contribution in [1.29, 1.82) is 0 Å². The van der Waals surface area contributed by atoms with Gasteiger partial charge in [-0.15, -0.1) is 11.8 Å². The first kappa shape index (κ1) is 18.8. The normalized spacial score (nSPS) is 18.2. The molecule has 0 spiro atoms. The molecule has 4 heteroatoms. The Morgan fingerprint density at radius 1 is 1.23 bits per heavy atom. The summed E-state index contributed by atoms with van der Waals surface area (Å²) in [7, 11) is 0. The Hall–Kier alpha value is -1.94. The van der Waals surface area contributed by atoms with Gasteiger partial charge in [0.15, 0.2) is 0 Å². The van der Waals surface area contributed by atoms with E-state index in [2.05, 4.69) is 46.0 Å². The van der Waals surface area contributed by atoms with Gasteiger partial charge in [0, 0.05) is 22.1 Å². The van der Waals surface area contributed by atoms with Crippen LogP contribution in [0.15, 0.2) is 47.4 Å². The predicted molar refractivity (Wildman–Crippen MR) is 108 cm³/mol. The van der Waals surface area contributed by atoms with Crippen molar-refractivity contribution in [3.63, 3.8) is 0 Å². The molecule has 0 saturated heterocycles. The van der Waals surface area contributed by atoms with Crippen molar-refractivity contribution in [2.45, 2.75) is 62.8 Å². The summed E-state index contributed by atoms with van der Waals surface area (Å²) in [6, 6.07) is 13.9. The van der Waals surface area contributed by atoms with Crippen molar-refractivity contribution in [1.82, 2.24) is 5.32 Å². The average Bonchev–Trinajstić information content (AvgIpc) is 2.54. The quantitative estimate of drug-likeness (QED) is 0.720. The molecule has 0 saturated carbocycles. The number of nitrogens with one attached hydrogen (secondary N) is 1. The third-order valence-corrected chi connectivity index (χ3v) is 5.50. The van der Waals surface area contributed by atoms with Crippen molar-refractivity contribution in [3.8, 4) is 5.75 Å². The number of ether oxygens (including phenoxy) is 1. The molecule has 0 bridgehead atoms. The Morgan fingerprint density at radius 3 is 2.69 bits per heavy atom. The Bertz CT molecular complexity index is 814. The second kappa shape index (κ2) is 7.36. The second-order valence-electron chi connectivity index (χ2n) is 7.80. The van der Waals surface area contributed by atoms with E-state index in [-0.39, 0.29) is 17.6 Å². The van der Waals surface area contributed by atoms with Gasteiger partial charge in [-0.05, 0) is 39.0 Å². The van der Waals surface area contributed by atoms with Gasteiger partial charge in [0.2, 0.25) is 0 Å². The zero-order valence-corrected chi connectivity index (χ0v) is 16.9. The molecule has 3 rings (SSSR count). The molecule has 0 aliphatic carbocycles. The minimum Gasteiger partial charge on any atom is -0.487 e. The number of thioether (sulfide) groups is 1. The Kier molecular flexibility index (Phi) is 5.33. The van der Waals surface area contributed by atoms with E-state index in [4.69, 9.17) is 4.74 Å². The highest BCUT2D eigenvalue weighted by Gasteiger charge is 2.34. The molecule has 0 unspecified atom stereocenters. The van der Waals surface area contributed by atoms with E-state index in [0.717, 1.165) is 28.2 Å². The Morgan fingerprint density at radius 2 is 1.96 bits per heavy atom. The molecule has 0 aromatic heterocycles. The number of hydrogen-bond acceptors (Lipinski definition) is 3. The number of amides is 1. The largest absolute Gasteiger partial charge is 0.487 e. The van der Waals surface area contributed by atoms with Gasteiger partial charge in [-0.3, -0.25) is 4.79 Å². The molecule has 0 radical (unpaired) electrons. The van der Waals surface area contributed by atoms with Crippen molar-refractivity contribution < 1.29 is 9.53 Å². The number of benzene rings is 2. The standard InChI is InChI=1S/C22H27NO2S/c1-14(2)26-20-9-7-6-8-16(20)21(24)23-18-13-22(4,5)25-19-11-10-15(3)12-17(18)19/h6-12,14,18H,13H2,1-5H3,(H,23,24)/t18-/m1/s1. The summed E-state index contributed by atoms with van der Waals surface area (Å²) < 4.78 is 6.11. The van der Waals surface area contributed by atoms with E-state index in [0.29, 0.717) is 5.25 Å². The third-order valence-electron chi connectivity index (χ3n) is 4.42. The van der Waals surface area contributed by atoms with E-state index < -0.39 is 0 Å². The van der Waals surface area contributed by atoms with Crippen LogP contribution in [-0.4, -0.2) is 16.8 Å². The van der Waals surface area contributed by atoms with Crippen LogP contribution in [0.2, 0.25) is 0 Å². The van der Waals surface area contributed by atoms with Crippen molar-refractivity contribution in [3.05, 3.63) is 59.2 Å². The van der Waals surface area contributed by atoms with Crippen LogP contribution in [0, 0.1) is 6.92 Å². The second-order valence-corrected chi connectivity index (χ2v) is 9.41. The maximum absolute atomic E-state index is 13.1. The summed E-state index contributed by atoms with van der Waals surface area (Å²) in [5.41, 5.74) is 2.66. The molecule has 1 atom stereocenters. The van der Waals surface area contributed by atoms with Gasteiger partial charge in [0.25, 0.3) is 5.91 Å². The lowest BCUT2D eigenvalue weighted by atomic mass is 9.88. The van der Waals surface area contributed by atoms with Gasteiger partial charge in [0.05, 0.1) is 11.6 Å². The van der Waals surface area contributed by atoms with Crippen LogP contribution in [0.1, 0.15) is 61.6 Å². The number of fused-ring (bicyclic) bond motifs is 1. The molecule has 0 fully saturated rings. The highest BCUT2D eigenvalue weighted by molar-refractivity contribution is 8.00. The van der Waals surface area contributed by atoms with Crippen LogP contribution in [0.3, 0.4) is 0 Å². The molecular formula is C22H27NO2S. The Balaban J connectivity index is 1.89. The SMILES string of the molecule is Cc1ccc2c(c1)[C@H](NC(=O)c1ccccc1SC(C)C)CC(C)(C)O2. The zero-order chi connectivity index (χ0) is 18.9. The molecule has 2 aromatic carbocycles. The summed E-state index contributed by atoms with van der Waals surface area (Å²) >= 11 is 1.72. The third kappa shape index (κ3) is 4.24. The van der Waals surface area contributed by atoms with Crippen LogP contribution >= 0.6 is 11.8 Å². The number of carbonyl (C=O) groups is 1. The molecule has 3 nitrogen and oxygen atoms in total. The lowest BCUT2D eigenvalue weighted by Crippen LogP contribution is -2.41. The number of aryl methyl sites for hydroxylation is 1. The van der Waals surface area contributed by atoms with E-state index in [9.17, 15) is 4.79 Å². The molecule has 1 aliphatic heterocycles. The minimum absolute atomic E-state index is 0.0242. The van der Waals surface area contributed by atoms with Crippen LogP contribution in [-0.2, 0) is 0 Å². The lowest BCUT2D eigenvalue weighted by Gasteiger charge is -2.38. The summed E-state index contributed by atoms with van der Waals surface area (Å²) in [6.07, 6.45) is 0.745. The van der Waals surface area contributed by atoms with Gasteiger partial charge in [-0.25, -0.2) is 0 Å². The van der Waals surface area contributed by atoms with E-state index in [1.165, 1.54) is 5.56 Å². The fourth-order valence-corrected chi connectivity index (χ4v) is 4.30. The fraction of sp³-hybridized carbons (Fsp3) is 0.409. The molecule has 26 heavy (non-hydrogen) atoms. The van der Waals surface area contributed by atoms with Crippen molar-refractivity contribution in [2.24, 2.45) is 0 Å². The van der Waals surface area contributed by atoms with Crippen LogP contribution in [0.5, 0.6) is 5.75 Å². The summed E-state index contributed by atoms with van der Waals surface area (Å²) in [6.45, 7) is 10.5. The van der Waals surface area contributed by atoms with Crippen LogP contribution < -0.4 is 10.1 Å². The van der Waals surface area contributed by atoms with Crippen molar-refractivity contribution >= 4 is 17.7 Å². The number of carbonyl (C=O) groups excluding carboxylic acids is 1. The van der Waals surface area contributed by atoms with Gasteiger partial charge < -0.3 is 10.1 Å². The van der Waals surface area contributed by atoms with E-state index >= 15 is 0 Å². The highest BCUT2D eigenvalue weighted by Crippen LogP contribution is 2.40. The van der Waals surface area contributed by atoms with Crippen molar-refractivity contribution in [2.75, 3.05) is 0 Å². The molecule has 1 amide bonds. The highest BCUT2D eigenvalue weighted by atomic mass is 32.2. The first-order valence-corrected chi connectivity index (χ1v) is 9.99. The monoisotopic (exact) mass is 369 g/mol. The lowest BCUT2D eigenvalue weighted by molar-refractivity contribution is 0.0618. The van der Waals surface area contributed by atoms with Crippen LogP contribution in [0.25, 0.3) is 0 Å². The molecule has 1 aliphatic rings. The molecule has 138 valence electrons. The fourth-order valence-electron chi connectivity index (χ4n) is 3.35. The smallest absolute Gasteiger partial charge is 0.252 e. The van der Waals surface area contributed by atoms with Gasteiger partial charge in [0.1, 0.15) is 11.4 Å². The van der Waals surface area contributed by atoms with Gasteiger partial charge >= 0.3 is 0 Å². The molecule has 1 N–H and O–H groups in total. The maximum atomic E-state index is 13.1. The summed E-state index contributed by atoms with van der Waals surface area (Å²) in [5, 5.41) is 3.68. The maximum Gasteiger partial charge on any atom is 0.252 e. The Labute approximate surface area is 160 Å². The topological polar surface area (TPSA) is 38.3 Å². The first-order valence-electron chi connectivity index (χ1n) is 9.11. The van der Waals surface area contributed by atoms with E-state index in [1.807, 2.05) is 36.4 Å². The minimum atomic E-state index is -0.313. The number of rotatable bonds is 4. The van der Waals surface area contributed by atoms with E-state index in [1.54, 1.807) is 11.8 Å². The van der Waals surface area contributed by atoms with Crippen LogP contribution in [0.4, 0.5) is 0 Å². The average molecular weight is 370 g/mol. The predicted octanol–water partition coefficient (Wildman–Crippen LogP) is 5.53. The van der Waals surface area contributed by atoms with Gasteiger partial charge in [-0.1, -0.05) is 43.7 Å². The summed E-state index contributed by atoms with van der Waals surface area (Å²) in [5.74, 6) is 0.839. The molecular weight excluding hydrogens is 342 g/mol. The summed E-state index contributed by atoms with van der Waals surface area (Å²) in [4.78, 5) is 14.1. The first-order chi connectivity index (χ1) is 12.2.